The molecule has 2 aromatic carbocycles. The average molecular weight is 232 g/mol. The first-order chi connectivity index (χ1) is 7.68. The Morgan fingerprint density at radius 2 is 1.81 bits per heavy atom. The molecule has 0 radical (unpaired) electrons. The molecule has 82 valence electrons. The van der Waals surface area contributed by atoms with Gasteiger partial charge < -0.3 is 10.3 Å². The van der Waals surface area contributed by atoms with Crippen LogP contribution in [-0.2, 0) is 11.1 Å². The standard InChI is InChI=1S/C12H11NO2S/c13-10-5-3-4-9(8-10)11-6-1-2-7-12(11)16(14)15/h1-8H,13H2,(H,14,15)/p-1. The predicted octanol–water partition coefficient (Wildman–Crippen LogP) is 2.17. The maximum atomic E-state index is 11.0. The van der Waals surface area contributed by atoms with Crippen LogP contribution in [0.2, 0.25) is 0 Å². The number of nitrogen functional groups attached to an aromatic ring is 1. The second-order valence-corrected chi connectivity index (χ2v) is 4.27. The first-order valence-electron chi connectivity index (χ1n) is 4.72. The van der Waals surface area contributed by atoms with Gasteiger partial charge in [-0.05, 0) is 40.4 Å². The quantitative estimate of drug-likeness (QED) is 0.637. The molecule has 3 nitrogen and oxygen atoms in total. The molecule has 0 spiro atoms. The Morgan fingerprint density at radius 1 is 1.06 bits per heavy atom. The Kier molecular flexibility index (Phi) is 3.03. The summed E-state index contributed by atoms with van der Waals surface area (Å²) < 4.78 is 22.1. The fourth-order valence-corrected chi connectivity index (χ4v) is 2.11. The van der Waals surface area contributed by atoms with E-state index in [0.29, 0.717) is 11.3 Å². The zero-order chi connectivity index (χ0) is 11.5. The van der Waals surface area contributed by atoms with Gasteiger partial charge in [0.05, 0.1) is 0 Å². The molecule has 0 bridgehead atoms. The van der Waals surface area contributed by atoms with E-state index in [-0.39, 0.29) is 4.90 Å². The van der Waals surface area contributed by atoms with Gasteiger partial charge in [-0.3, -0.25) is 4.21 Å². The zero-order valence-electron chi connectivity index (χ0n) is 8.42. The van der Waals surface area contributed by atoms with Crippen molar-refractivity contribution in [1.29, 1.82) is 0 Å². The minimum atomic E-state index is -2.24. The summed E-state index contributed by atoms with van der Waals surface area (Å²) in [7, 11) is 0. The molecule has 1 atom stereocenters. The van der Waals surface area contributed by atoms with E-state index >= 15 is 0 Å². The summed E-state index contributed by atoms with van der Waals surface area (Å²) in [6.45, 7) is 0. The minimum Gasteiger partial charge on any atom is -0.768 e. The van der Waals surface area contributed by atoms with Crippen LogP contribution in [0.3, 0.4) is 0 Å². The van der Waals surface area contributed by atoms with E-state index in [4.69, 9.17) is 5.73 Å². The molecular weight excluding hydrogens is 222 g/mol. The van der Waals surface area contributed by atoms with E-state index in [1.807, 2.05) is 6.07 Å². The van der Waals surface area contributed by atoms with Crippen molar-refractivity contribution in [1.82, 2.24) is 0 Å². The number of rotatable bonds is 2. The summed E-state index contributed by atoms with van der Waals surface area (Å²) in [5.41, 5.74) is 7.76. The normalized spacial score (nSPS) is 12.3. The molecule has 0 aromatic heterocycles. The molecular formula is C12H10NO2S-. The van der Waals surface area contributed by atoms with Gasteiger partial charge in [-0.25, -0.2) is 0 Å². The lowest BCUT2D eigenvalue weighted by Crippen LogP contribution is -1.93. The molecule has 0 saturated carbocycles. The summed E-state index contributed by atoms with van der Waals surface area (Å²) in [4.78, 5) is 0.285. The highest BCUT2D eigenvalue weighted by molar-refractivity contribution is 7.79. The highest BCUT2D eigenvalue weighted by Crippen LogP contribution is 2.26. The van der Waals surface area contributed by atoms with E-state index in [0.717, 1.165) is 5.56 Å². The molecule has 0 heterocycles. The third-order valence-electron chi connectivity index (χ3n) is 2.26. The zero-order valence-corrected chi connectivity index (χ0v) is 9.24. The van der Waals surface area contributed by atoms with Crippen LogP contribution < -0.4 is 5.73 Å². The van der Waals surface area contributed by atoms with Crippen LogP contribution in [0.25, 0.3) is 11.1 Å². The molecule has 0 amide bonds. The van der Waals surface area contributed by atoms with E-state index in [9.17, 15) is 8.76 Å². The number of hydrogen-bond donors (Lipinski definition) is 1. The maximum Gasteiger partial charge on any atom is 0.0327 e. The lowest BCUT2D eigenvalue weighted by molar-refractivity contribution is 0.537. The fraction of sp³-hybridized carbons (Fsp3) is 0. The van der Waals surface area contributed by atoms with Crippen LogP contribution in [0.5, 0.6) is 0 Å². The van der Waals surface area contributed by atoms with Gasteiger partial charge in [-0.15, -0.1) is 0 Å². The van der Waals surface area contributed by atoms with Gasteiger partial charge in [-0.1, -0.05) is 30.3 Å². The van der Waals surface area contributed by atoms with Gasteiger partial charge >= 0.3 is 0 Å². The topological polar surface area (TPSA) is 66.2 Å². The van der Waals surface area contributed by atoms with Crippen molar-refractivity contribution in [3.8, 4) is 11.1 Å². The Balaban J connectivity index is 2.60. The molecule has 0 aliphatic rings. The Labute approximate surface area is 96.2 Å². The van der Waals surface area contributed by atoms with E-state index < -0.39 is 11.1 Å². The molecule has 0 aliphatic carbocycles. The molecule has 0 saturated heterocycles. The van der Waals surface area contributed by atoms with Crippen LogP contribution in [0.15, 0.2) is 53.4 Å². The van der Waals surface area contributed by atoms with E-state index in [1.54, 1.807) is 42.5 Å². The Bertz CT molecular complexity index is 540. The van der Waals surface area contributed by atoms with Crippen molar-refractivity contribution in [3.05, 3.63) is 48.5 Å². The van der Waals surface area contributed by atoms with Gasteiger partial charge in [0.25, 0.3) is 0 Å². The molecule has 2 N–H and O–H groups in total. The Morgan fingerprint density at radius 3 is 2.50 bits per heavy atom. The van der Waals surface area contributed by atoms with Crippen molar-refractivity contribution in [2.75, 3.05) is 5.73 Å². The summed E-state index contributed by atoms with van der Waals surface area (Å²) in [5.74, 6) is 0. The first kappa shape index (κ1) is 10.9. The average Bonchev–Trinajstić information content (AvgIpc) is 2.29. The van der Waals surface area contributed by atoms with Crippen molar-refractivity contribution in [2.24, 2.45) is 0 Å². The van der Waals surface area contributed by atoms with Crippen molar-refractivity contribution < 1.29 is 8.76 Å². The minimum absolute atomic E-state index is 0.285. The largest absolute Gasteiger partial charge is 0.768 e. The number of hydrogen-bond acceptors (Lipinski definition) is 3. The van der Waals surface area contributed by atoms with Crippen LogP contribution in [0, 0.1) is 0 Å². The highest BCUT2D eigenvalue weighted by atomic mass is 32.2. The third-order valence-corrected chi connectivity index (χ3v) is 2.98. The van der Waals surface area contributed by atoms with Gasteiger partial charge in [0.2, 0.25) is 0 Å². The van der Waals surface area contributed by atoms with Crippen LogP contribution in [0.1, 0.15) is 0 Å². The lowest BCUT2D eigenvalue weighted by atomic mass is 10.1. The fourth-order valence-electron chi connectivity index (χ4n) is 1.56. The highest BCUT2D eigenvalue weighted by Gasteiger charge is 2.04. The van der Waals surface area contributed by atoms with Gasteiger partial charge in [0.1, 0.15) is 0 Å². The molecule has 1 unspecified atom stereocenters. The molecule has 0 aliphatic heterocycles. The van der Waals surface area contributed by atoms with Crippen molar-refractivity contribution in [2.45, 2.75) is 4.90 Å². The van der Waals surface area contributed by atoms with Crippen molar-refractivity contribution >= 4 is 16.8 Å². The Hall–Kier alpha value is -1.65. The SMILES string of the molecule is Nc1cccc(-c2ccccc2S(=O)[O-])c1. The summed E-state index contributed by atoms with van der Waals surface area (Å²) >= 11 is -2.24. The monoisotopic (exact) mass is 232 g/mol. The lowest BCUT2D eigenvalue weighted by Gasteiger charge is -2.11. The molecule has 2 aromatic rings. The second kappa shape index (κ2) is 4.47. The van der Waals surface area contributed by atoms with Crippen LogP contribution in [0.4, 0.5) is 5.69 Å². The summed E-state index contributed by atoms with van der Waals surface area (Å²) in [6.07, 6.45) is 0. The molecule has 2 rings (SSSR count). The van der Waals surface area contributed by atoms with E-state index in [1.165, 1.54) is 0 Å². The van der Waals surface area contributed by atoms with Crippen LogP contribution in [-0.4, -0.2) is 8.76 Å². The number of benzene rings is 2. The van der Waals surface area contributed by atoms with Gasteiger partial charge in [0.15, 0.2) is 0 Å². The first-order valence-corrected chi connectivity index (χ1v) is 5.80. The second-order valence-electron chi connectivity index (χ2n) is 3.36. The van der Waals surface area contributed by atoms with Crippen LogP contribution >= 0.6 is 0 Å². The van der Waals surface area contributed by atoms with Crippen molar-refractivity contribution in [3.63, 3.8) is 0 Å². The number of nitrogens with two attached hydrogens (primary N) is 1. The molecule has 0 fully saturated rings. The van der Waals surface area contributed by atoms with Gasteiger partial charge in [-0.2, -0.15) is 0 Å². The number of anilines is 1. The molecule has 16 heavy (non-hydrogen) atoms. The maximum absolute atomic E-state index is 11.0. The smallest absolute Gasteiger partial charge is 0.0327 e. The summed E-state index contributed by atoms with van der Waals surface area (Å²) in [5, 5.41) is 0. The predicted molar refractivity (Wildman–Crippen MR) is 63.5 cm³/mol. The third kappa shape index (κ3) is 2.13. The van der Waals surface area contributed by atoms with Gasteiger partial charge in [0, 0.05) is 10.6 Å². The summed E-state index contributed by atoms with van der Waals surface area (Å²) in [6, 6.07) is 14.0. The van der Waals surface area contributed by atoms with E-state index in [2.05, 4.69) is 0 Å². The molecule has 4 heteroatoms.